The summed E-state index contributed by atoms with van der Waals surface area (Å²) < 4.78 is 10.8. The average molecular weight is 405 g/mol. The highest BCUT2D eigenvalue weighted by atomic mass is 16.5. The summed E-state index contributed by atoms with van der Waals surface area (Å²) in [4.78, 5) is 21.5. The minimum Gasteiger partial charge on any atom is -0.497 e. The van der Waals surface area contributed by atoms with Crippen LogP contribution < -0.4 is 14.4 Å². The van der Waals surface area contributed by atoms with Crippen LogP contribution in [0.5, 0.6) is 11.5 Å². The van der Waals surface area contributed by atoms with Gasteiger partial charge in [-0.3, -0.25) is 4.79 Å². The van der Waals surface area contributed by atoms with E-state index < -0.39 is 0 Å². The van der Waals surface area contributed by atoms with Crippen molar-refractivity contribution in [2.45, 2.75) is 12.8 Å². The lowest BCUT2D eigenvalue weighted by Crippen LogP contribution is -2.49. The Balaban J connectivity index is 1.21. The van der Waals surface area contributed by atoms with Crippen LogP contribution >= 0.6 is 0 Å². The molecule has 2 aromatic carbocycles. The summed E-state index contributed by atoms with van der Waals surface area (Å²) in [6, 6.07) is 19.8. The Hall–Kier alpha value is -3.28. The molecule has 0 aliphatic carbocycles. The Morgan fingerprint density at radius 3 is 2.43 bits per heavy atom. The van der Waals surface area contributed by atoms with Crippen molar-refractivity contribution in [1.29, 1.82) is 0 Å². The first kappa shape index (κ1) is 20.0. The van der Waals surface area contributed by atoms with Crippen molar-refractivity contribution in [3.63, 3.8) is 0 Å². The number of anilines is 1. The number of fused-ring (bicyclic) bond motifs is 1. The number of amides is 1. The molecule has 0 spiro atoms. The number of pyridine rings is 1. The van der Waals surface area contributed by atoms with Gasteiger partial charge in [-0.05, 0) is 48.9 Å². The summed E-state index contributed by atoms with van der Waals surface area (Å²) in [7, 11) is 1.64. The number of piperazine rings is 1. The van der Waals surface area contributed by atoms with Crippen LogP contribution in [0, 0.1) is 0 Å². The van der Waals surface area contributed by atoms with E-state index in [1.54, 1.807) is 7.11 Å². The quantitative estimate of drug-likeness (QED) is 0.561. The second-order valence-electron chi connectivity index (χ2n) is 7.36. The van der Waals surface area contributed by atoms with E-state index in [0.717, 1.165) is 54.4 Å². The largest absolute Gasteiger partial charge is 0.497 e. The highest BCUT2D eigenvalue weighted by molar-refractivity contribution is 5.80. The zero-order valence-corrected chi connectivity index (χ0v) is 17.3. The minimum absolute atomic E-state index is 0.194. The molecule has 1 aliphatic heterocycles. The van der Waals surface area contributed by atoms with E-state index in [4.69, 9.17) is 14.5 Å². The Morgan fingerprint density at radius 1 is 0.933 bits per heavy atom. The first-order chi connectivity index (χ1) is 14.7. The van der Waals surface area contributed by atoms with Gasteiger partial charge in [0.1, 0.15) is 17.3 Å². The van der Waals surface area contributed by atoms with Crippen LogP contribution in [0.15, 0.2) is 60.7 Å². The van der Waals surface area contributed by atoms with Crippen molar-refractivity contribution in [1.82, 2.24) is 9.88 Å². The number of ether oxygens (including phenoxy) is 2. The number of rotatable bonds is 7. The van der Waals surface area contributed by atoms with Gasteiger partial charge in [0.2, 0.25) is 5.91 Å². The van der Waals surface area contributed by atoms with Crippen LogP contribution in [0.2, 0.25) is 0 Å². The molecule has 0 bridgehead atoms. The summed E-state index contributed by atoms with van der Waals surface area (Å²) in [5, 5.41) is 1.15. The van der Waals surface area contributed by atoms with Gasteiger partial charge in [0.25, 0.3) is 0 Å². The first-order valence-corrected chi connectivity index (χ1v) is 10.4. The summed E-state index contributed by atoms with van der Waals surface area (Å²) in [6.07, 6.45) is 1.21. The molecular formula is C24H27N3O3. The lowest BCUT2D eigenvalue weighted by Gasteiger charge is -2.35. The third-order valence-electron chi connectivity index (χ3n) is 5.40. The lowest BCUT2D eigenvalue weighted by atomic mass is 10.2. The second kappa shape index (κ2) is 9.48. The maximum absolute atomic E-state index is 12.5. The zero-order valence-electron chi connectivity index (χ0n) is 17.3. The molecule has 2 heterocycles. The van der Waals surface area contributed by atoms with Gasteiger partial charge in [-0.2, -0.15) is 0 Å². The van der Waals surface area contributed by atoms with Gasteiger partial charge in [-0.15, -0.1) is 0 Å². The molecule has 1 aliphatic rings. The number of hydrogen-bond donors (Lipinski definition) is 0. The van der Waals surface area contributed by atoms with Crippen LogP contribution in [-0.4, -0.2) is 55.7 Å². The molecule has 0 radical (unpaired) electrons. The molecule has 0 unspecified atom stereocenters. The molecule has 6 nitrogen and oxygen atoms in total. The minimum atomic E-state index is 0.194. The summed E-state index contributed by atoms with van der Waals surface area (Å²) >= 11 is 0. The van der Waals surface area contributed by atoms with Crippen molar-refractivity contribution in [3.8, 4) is 11.5 Å². The van der Waals surface area contributed by atoms with E-state index >= 15 is 0 Å². The average Bonchev–Trinajstić information content (AvgIpc) is 2.82. The van der Waals surface area contributed by atoms with Crippen LogP contribution in [0.3, 0.4) is 0 Å². The van der Waals surface area contributed by atoms with Crippen molar-refractivity contribution < 1.29 is 14.3 Å². The van der Waals surface area contributed by atoms with Crippen molar-refractivity contribution >= 4 is 22.6 Å². The molecule has 1 amide bonds. The number of aromatic nitrogens is 1. The van der Waals surface area contributed by atoms with Gasteiger partial charge in [0, 0.05) is 38.0 Å². The molecule has 30 heavy (non-hydrogen) atoms. The molecule has 4 rings (SSSR count). The lowest BCUT2D eigenvalue weighted by molar-refractivity contribution is -0.131. The van der Waals surface area contributed by atoms with Crippen LogP contribution in [0.25, 0.3) is 10.9 Å². The molecule has 1 saturated heterocycles. The number of benzene rings is 2. The van der Waals surface area contributed by atoms with Gasteiger partial charge >= 0.3 is 0 Å². The second-order valence-corrected chi connectivity index (χ2v) is 7.36. The molecule has 0 saturated carbocycles. The van der Waals surface area contributed by atoms with E-state index in [9.17, 15) is 4.79 Å². The predicted molar refractivity (Wildman–Crippen MR) is 118 cm³/mol. The molecule has 6 heteroatoms. The predicted octanol–water partition coefficient (Wildman–Crippen LogP) is 3.75. The van der Waals surface area contributed by atoms with Crippen molar-refractivity contribution in [2.24, 2.45) is 0 Å². The number of para-hydroxylation sites is 1. The highest BCUT2D eigenvalue weighted by Crippen LogP contribution is 2.20. The Labute approximate surface area is 177 Å². The topological polar surface area (TPSA) is 54.9 Å². The third-order valence-corrected chi connectivity index (χ3v) is 5.40. The fourth-order valence-electron chi connectivity index (χ4n) is 3.66. The maximum atomic E-state index is 12.5. The third kappa shape index (κ3) is 4.82. The normalized spacial score (nSPS) is 14.0. The maximum Gasteiger partial charge on any atom is 0.222 e. The fraction of sp³-hybridized carbons (Fsp3) is 0.333. The van der Waals surface area contributed by atoms with E-state index in [0.29, 0.717) is 19.4 Å². The van der Waals surface area contributed by atoms with Gasteiger partial charge < -0.3 is 19.3 Å². The monoisotopic (exact) mass is 405 g/mol. The van der Waals surface area contributed by atoms with E-state index in [1.807, 2.05) is 47.4 Å². The molecule has 156 valence electrons. The van der Waals surface area contributed by atoms with E-state index in [-0.39, 0.29) is 5.91 Å². The Kier molecular flexibility index (Phi) is 6.32. The van der Waals surface area contributed by atoms with Gasteiger partial charge in [-0.1, -0.05) is 18.2 Å². The van der Waals surface area contributed by atoms with Crippen molar-refractivity contribution in [2.75, 3.05) is 44.8 Å². The van der Waals surface area contributed by atoms with E-state index in [1.165, 1.54) is 0 Å². The summed E-state index contributed by atoms with van der Waals surface area (Å²) in [5.74, 6) is 2.77. The number of carbonyl (C=O) groups is 1. The van der Waals surface area contributed by atoms with Crippen molar-refractivity contribution in [3.05, 3.63) is 60.7 Å². The molecule has 0 atom stereocenters. The van der Waals surface area contributed by atoms with Crippen LogP contribution in [-0.2, 0) is 4.79 Å². The standard InChI is InChI=1S/C24H27N3O3/c1-29-20-9-11-21(12-10-20)30-18-4-7-24(28)27-16-14-26(15-17-27)23-13-8-19-5-2-3-6-22(19)25-23/h2-3,5-6,8-13H,4,7,14-18H2,1H3. The smallest absolute Gasteiger partial charge is 0.222 e. The molecule has 0 N–H and O–H groups in total. The number of hydrogen-bond acceptors (Lipinski definition) is 5. The zero-order chi connectivity index (χ0) is 20.8. The van der Waals surface area contributed by atoms with Gasteiger partial charge in [0.05, 0.1) is 19.2 Å². The van der Waals surface area contributed by atoms with Gasteiger partial charge in [0.15, 0.2) is 0 Å². The highest BCUT2D eigenvalue weighted by Gasteiger charge is 2.21. The SMILES string of the molecule is COc1ccc(OCCCC(=O)N2CCN(c3ccc4ccccc4n3)CC2)cc1. The number of carbonyl (C=O) groups excluding carboxylic acids is 1. The first-order valence-electron chi connectivity index (χ1n) is 10.4. The molecular weight excluding hydrogens is 378 g/mol. The molecule has 1 aromatic heterocycles. The van der Waals surface area contributed by atoms with Crippen LogP contribution in [0.4, 0.5) is 5.82 Å². The number of nitrogens with zero attached hydrogens (tertiary/aromatic N) is 3. The number of methoxy groups -OCH3 is 1. The van der Waals surface area contributed by atoms with Gasteiger partial charge in [-0.25, -0.2) is 4.98 Å². The fourth-order valence-corrected chi connectivity index (χ4v) is 3.66. The Morgan fingerprint density at radius 2 is 1.67 bits per heavy atom. The summed E-state index contributed by atoms with van der Waals surface area (Å²) in [6.45, 7) is 3.59. The van der Waals surface area contributed by atoms with E-state index in [2.05, 4.69) is 23.1 Å². The Bertz CT molecular complexity index is 982. The molecule has 3 aromatic rings. The summed E-state index contributed by atoms with van der Waals surface area (Å²) in [5.41, 5.74) is 1.00. The molecule has 1 fully saturated rings. The van der Waals surface area contributed by atoms with Crippen LogP contribution in [0.1, 0.15) is 12.8 Å².